The second kappa shape index (κ2) is 6.67. The Hall–Kier alpha value is -4.08. The van der Waals surface area contributed by atoms with Gasteiger partial charge in [0.1, 0.15) is 17.6 Å². The molecule has 10 nitrogen and oxygen atoms in total. The molecule has 0 aliphatic carbocycles. The Balaban J connectivity index is 1.87. The van der Waals surface area contributed by atoms with Gasteiger partial charge in [-0.1, -0.05) is 29.5 Å². The molecule has 0 aliphatic rings. The largest absolute Gasteiger partial charge is 0.495 e. The zero-order valence-electron chi connectivity index (χ0n) is 14.1. The Morgan fingerprint density at radius 1 is 1.11 bits per heavy atom. The van der Waals surface area contributed by atoms with Crippen LogP contribution in [0.5, 0.6) is 5.75 Å². The van der Waals surface area contributed by atoms with Gasteiger partial charge >= 0.3 is 5.69 Å². The molecule has 0 saturated carbocycles. The summed E-state index contributed by atoms with van der Waals surface area (Å²) in [6, 6.07) is 14.2. The number of methoxy groups -OCH3 is 1. The fourth-order valence-electron chi connectivity index (χ4n) is 2.68. The molecule has 0 aliphatic heterocycles. The number of anilines is 2. The molecule has 4 aromatic rings. The van der Waals surface area contributed by atoms with Crippen molar-refractivity contribution in [2.75, 3.05) is 12.4 Å². The van der Waals surface area contributed by atoms with E-state index in [0.29, 0.717) is 22.5 Å². The van der Waals surface area contributed by atoms with Gasteiger partial charge < -0.3 is 10.1 Å². The first-order chi connectivity index (χ1) is 13.2. The van der Waals surface area contributed by atoms with E-state index in [-0.39, 0.29) is 17.3 Å². The van der Waals surface area contributed by atoms with Crippen molar-refractivity contribution >= 4 is 28.2 Å². The number of nitrogens with one attached hydrogen (secondary N) is 1. The number of nitrogens with zero attached hydrogens (tertiary/aromatic N) is 6. The number of aromatic nitrogens is 5. The lowest BCUT2D eigenvalue weighted by molar-refractivity contribution is -0.384. The van der Waals surface area contributed by atoms with Crippen molar-refractivity contribution in [2.24, 2.45) is 0 Å². The van der Waals surface area contributed by atoms with Crippen LogP contribution in [0.3, 0.4) is 0 Å². The summed E-state index contributed by atoms with van der Waals surface area (Å²) >= 11 is 0. The molecule has 1 N–H and O–H groups in total. The molecule has 0 radical (unpaired) electrons. The molecule has 134 valence electrons. The van der Waals surface area contributed by atoms with Crippen molar-refractivity contribution in [2.45, 2.75) is 0 Å². The number of rotatable bonds is 5. The molecule has 10 heteroatoms. The second-order valence-electron chi connectivity index (χ2n) is 5.47. The molecule has 0 unspecified atom stereocenters. The molecule has 0 amide bonds. The average molecular weight is 363 g/mol. The molecule has 2 heterocycles. The maximum absolute atomic E-state index is 11.8. The molecular weight excluding hydrogens is 350 g/mol. The molecule has 2 aromatic carbocycles. The fourth-order valence-corrected chi connectivity index (χ4v) is 2.68. The molecule has 2 aromatic heterocycles. The zero-order valence-corrected chi connectivity index (χ0v) is 14.1. The van der Waals surface area contributed by atoms with Crippen molar-refractivity contribution < 1.29 is 9.66 Å². The lowest BCUT2D eigenvalue weighted by atomic mass is 10.3. The summed E-state index contributed by atoms with van der Waals surface area (Å²) in [5.74, 6) is 0.563. The van der Waals surface area contributed by atoms with E-state index in [1.165, 1.54) is 18.1 Å². The minimum atomic E-state index is -0.552. The first-order valence-corrected chi connectivity index (χ1v) is 7.89. The lowest BCUT2D eigenvalue weighted by Crippen LogP contribution is -2.09. The fraction of sp³-hybridized carbons (Fsp3) is 0.0588. The summed E-state index contributed by atoms with van der Waals surface area (Å²) in [6.07, 6.45) is 1.23. The Morgan fingerprint density at radius 3 is 2.70 bits per heavy atom. The van der Waals surface area contributed by atoms with E-state index in [1.807, 2.05) is 6.07 Å². The van der Waals surface area contributed by atoms with Crippen LogP contribution in [0.4, 0.5) is 17.2 Å². The predicted molar refractivity (Wildman–Crippen MR) is 97.4 cm³/mol. The quantitative estimate of drug-likeness (QED) is 0.424. The van der Waals surface area contributed by atoms with Gasteiger partial charge in [-0.15, -0.1) is 5.10 Å². The molecular formula is C17H13N7O3. The van der Waals surface area contributed by atoms with Crippen LogP contribution >= 0.6 is 0 Å². The highest BCUT2D eigenvalue weighted by atomic mass is 16.6. The van der Waals surface area contributed by atoms with Crippen molar-refractivity contribution in [3.8, 4) is 11.6 Å². The maximum Gasteiger partial charge on any atom is 0.356 e. The van der Waals surface area contributed by atoms with E-state index in [1.54, 1.807) is 42.5 Å². The van der Waals surface area contributed by atoms with Crippen molar-refractivity contribution in [3.63, 3.8) is 0 Å². The van der Waals surface area contributed by atoms with Crippen LogP contribution in [0, 0.1) is 10.1 Å². The van der Waals surface area contributed by atoms with E-state index >= 15 is 0 Å². The monoisotopic (exact) mass is 363 g/mol. The Morgan fingerprint density at radius 2 is 1.89 bits per heavy atom. The second-order valence-corrected chi connectivity index (χ2v) is 5.47. The summed E-state index contributed by atoms with van der Waals surface area (Å²) in [6.45, 7) is 0. The Kier molecular flexibility index (Phi) is 4.05. The van der Waals surface area contributed by atoms with Crippen LogP contribution < -0.4 is 10.1 Å². The molecule has 0 spiro atoms. The van der Waals surface area contributed by atoms with Crippen LogP contribution in [-0.2, 0) is 0 Å². The third kappa shape index (κ3) is 2.88. The van der Waals surface area contributed by atoms with E-state index < -0.39 is 4.92 Å². The number of hydrogen-bond acceptors (Lipinski definition) is 8. The van der Waals surface area contributed by atoms with E-state index in [4.69, 9.17) is 4.74 Å². The van der Waals surface area contributed by atoms with Crippen LogP contribution in [0.15, 0.2) is 54.9 Å². The Labute approximate surface area is 152 Å². The van der Waals surface area contributed by atoms with Crippen LogP contribution in [0.25, 0.3) is 16.9 Å². The molecule has 0 bridgehead atoms. The minimum Gasteiger partial charge on any atom is -0.495 e. The highest BCUT2D eigenvalue weighted by Gasteiger charge is 2.26. The summed E-state index contributed by atoms with van der Waals surface area (Å²) < 4.78 is 6.60. The number of nitro groups is 1. The standard InChI is InChI=1S/C17H13N7O3/c1-27-14-9-5-3-7-12(14)20-16-15(24(25)26)17(19-10-18-16)23-13-8-4-2-6-11(13)21-22-23/h2-10H,1H3,(H,18,19,20). The SMILES string of the molecule is COc1ccccc1Nc1ncnc(-n2nnc3ccccc32)c1[N+](=O)[O-]. The number of hydrogen-bond donors (Lipinski definition) is 1. The van der Waals surface area contributed by atoms with E-state index in [9.17, 15) is 10.1 Å². The highest BCUT2D eigenvalue weighted by molar-refractivity contribution is 5.79. The summed E-state index contributed by atoms with van der Waals surface area (Å²) in [5.41, 5.74) is 1.42. The van der Waals surface area contributed by atoms with Gasteiger partial charge in [-0.05, 0) is 24.3 Å². The smallest absolute Gasteiger partial charge is 0.356 e. The van der Waals surface area contributed by atoms with Crippen molar-refractivity contribution in [1.82, 2.24) is 25.0 Å². The first kappa shape index (κ1) is 16.4. The number of ether oxygens (including phenoxy) is 1. The third-order valence-electron chi connectivity index (χ3n) is 3.90. The van der Waals surface area contributed by atoms with Gasteiger partial charge in [0.2, 0.25) is 11.6 Å². The maximum atomic E-state index is 11.8. The van der Waals surface area contributed by atoms with Crippen molar-refractivity contribution in [1.29, 1.82) is 0 Å². The van der Waals surface area contributed by atoms with Crippen LogP contribution in [0.1, 0.15) is 0 Å². The van der Waals surface area contributed by atoms with Crippen molar-refractivity contribution in [3.05, 3.63) is 65.0 Å². The van der Waals surface area contributed by atoms with Gasteiger partial charge in [-0.3, -0.25) is 10.1 Å². The topological polar surface area (TPSA) is 121 Å². The van der Waals surface area contributed by atoms with Crippen LogP contribution in [-0.4, -0.2) is 37.0 Å². The Bertz CT molecular complexity index is 1140. The number of fused-ring (bicyclic) bond motifs is 1. The highest BCUT2D eigenvalue weighted by Crippen LogP contribution is 2.33. The molecule has 0 atom stereocenters. The molecule has 0 fully saturated rings. The van der Waals surface area contributed by atoms with Gasteiger partial charge in [0, 0.05) is 0 Å². The lowest BCUT2D eigenvalue weighted by Gasteiger charge is -2.11. The normalized spacial score (nSPS) is 10.7. The zero-order chi connectivity index (χ0) is 18.8. The molecule has 4 rings (SSSR count). The number of para-hydroxylation sites is 3. The van der Waals surface area contributed by atoms with Gasteiger partial charge in [0.05, 0.1) is 23.2 Å². The molecule has 27 heavy (non-hydrogen) atoms. The molecule has 0 saturated heterocycles. The first-order valence-electron chi connectivity index (χ1n) is 7.89. The van der Waals surface area contributed by atoms with Crippen LogP contribution in [0.2, 0.25) is 0 Å². The van der Waals surface area contributed by atoms with Gasteiger partial charge in [0.15, 0.2) is 0 Å². The summed E-state index contributed by atoms with van der Waals surface area (Å²) in [5, 5.41) is 22.8. The third-order valence-corrected chi connectivity index (χ3v) is 3.90. The minimum absolute atomic E-state index is 0.0149. The summed E-state index contributed by atoms with van der Waals surface area (Å²) in [7, 11) is 1.52. The van der Waals surface area contributed by atoms with E-state index in [0.717, 1.165) is 0 Å². The number of benzene rings is 2. The predicted octanol–water partition coefficient (Wildman–Crippen LogP) is 2.87. The average Bonchev–Trinajstić information content (AvgIpc) is 3.12. The van der Waals surface area contributed by atoms with Gasteiger partial charge in [-0.2, -0.15) is 4.68 Å². The summed E-state index contributed by atoms with van der Waals surface area (Å²) in [4.78, 5) is 19.4. The van der Waals surface area contributed by atoms with Gasteiger partial charge in [-0.25, -0.2) is 9.97 Å². The van der Waals surface area contributed by atoms with E-state index in [2.05, 4.69) is 25.6 Å². The van der Waals surface area contributed by atoms with Gasteiger partial charge in [0.25, 0.3) is 0 Å².